The number of nitrogens with two attached hydrogens (primary N) is 1. The third-order valence-electron chi connectivity index (χ3n) is 9.24. The molecule has 3 amide bonds. The minimum atomic E-state index is -2.00. The first-order chi connectivity index (χ1) is 20.3. The number of aryl methyl sites for hydroxylation is 1. The fourth-order valence-corrected chi connectivity index (χ4v) is 6.26. The number of hydrogen-bond acceptors (Lipinski definition) is 9. The van der Waals surface area contributed by atoms with Gasteiger partial charge in [0.25, 0.3) is 0 Å². The van der Waals surface area contributed by atoms with Crippen molar-refractivity contribution in [2.24, 2.45) is 17.6 Å². The molecule has 0 aromatic carbocycles. The molecule has 1 aliphatic heterocycles. The molecule has 4 atom stereocenters. The van der Waals surface area contributed by atoms with E-state index in [2.05, 4.69) is 27.2 Å². The highest BCUT2D eigenvalue weighted by atomic mass is 16.4. The van der Waals surface area contributed by atoms with Crippen molar-refractivity contribution >= 4 is 30.6 Å². The number of hydrogen-bond donors (Lipinski definition) is 5. The van der Waals surface area contributed by atoms with E-state index in [0.29, 0.717) is 12.1 Å². The highest BCUT2D eigenvalue weighted by Crippen LogP contribution is 2.36. The fourth-order valence-electron chi connectivity index (χ4n) is 6.26. The molecule has 1 aliphatic carbocycles. The first-order valence-electron chi connectivity index (χ1n) is 15.3. The summed E-state index contributed by atoms with van der Waals surface area (Å²) in [6, 6.07) is -0.878. The summed E-state index contributed by atoms with van der Waals surface area (Å²) in [4.78, 5) is 65.0. The van der Waals surface area contributed by atoms with Crippen molar-refractivity contribution in [3.05, 3.63) is 36.4 Å². The predicted molar refractivity (Wildman–Crippen MR) is 162 cm³/mol. The first kappa shape index (κ1) is 34.3. The maximum absolute atomic E-state index is 14.3. The van der Waals surface area contributed by atoms with Gasteiger partial charge >= 0.3 is 7.12 Å². The summed E-state index contributed by atoms with van der Waals surface area (Å²) >= 11 is 0. The Bertz CT molecular complexity index is 1190. The van der Waals surface area contributed by atoms with Crippen LogP contribution in [0, 0.1) is 18.8 Å². The smallest absolute Gasteiger partial charge is 0.426 e. The Labute approximate surface area is 254 Å². The number of nitrogens with one attached hydrogen (secondary N) is 2. The van der Waals surface area contributed by atoms with Crippen LogP contribution in [0.5, 0.6) is 0 Å². The molecule has 1 aromatic heterocycles. The lowest BCUT2D eigenvalue weighted by Crippen LogP contribution is -2.67. The molecule has 3 rings (SSSR count). The Morgan fingerprint density at radius 3 is 2.44 bits per heavy atom. The Morgan fingerprint density at radius 2 is 1.88 bits per heavy atom. The van der Waals surface area contributed by atoms with Crippen molar-refractivity contribution in [2.45, 2.75) is 109 Å². The molecule has 2 heterocycles. The molecule has 12 nitrogen and oxygen atoms in total. The van der Waals surface area contributed by atoms with Gasteiger partial charge in [0.05, 0.1) is 11.6 Å². The van der Waals surface area contributed by atoms with Gasteiger partial charge in [-0.3, -0.25) is 24.2 Å². The molecule has 1 aromatic rings. The van der Waals surface area contributed by atoms with Gasteiger partial charge in [0.1, 0.15) is 17.3 Å². The second kappa shape index (κ2) is 14.5. The van der Waals surface area contributed by atoms with Gasteiger partial charge in [-0.25, -0.2) is 4.98 Å². The highest BCUT2D eigenvalue weighted by Gasteiger charge is 2.55. The number of amides is 3. The SMILES string of the molecule is C=CC[C@H](NC(=O)[C@H](CC1CCCCC1)N1CCC(NC(=O)[C@](N)(CC)C(=O)c2nccnc2C)(C(C)C)C1=O)B(O)O. The van der Waals surface area contributed by atoms with E-state index in [4.69, 9.17) is 5.73 Å². The normalized spacial score (nSPS) is 22.0. The molecule has 43 heavy (non-hydrogen) atoms. The van der Waals surface area contributed by atoms with Gasteiger partial charge in [-0.2, -0.15) is 0 Å². The average molecular weight is 599 g/mol. The maximum Gasteiger partial charge on any atom is 0.475 e. The molecular formula is C30H47BN6O6. The molecule has 0 bridgehead atoms. The van der Waals surface area contributed by atoms with Gasteiger partial charge in [-0.05, 0) is 44.4 Å². The lowest BCUT2D eigenvalue weighted by atomic mass is 9.77. The lowest BCUT2D eigenvalue weighted by molar-refractivity contribution is -0.145. The Hall–Kier alpha value is -3.16. The summed E-state index contributed by atoms with van der Waals surface area (Å²) in [5, 5.41) is 25.2. The molecule has 0 radical (unpaired) electrons. The van der Waals surface area contributed by atoms with E-state index in [-0.39, 0.29) is 37.4 Å². The second-order valence-corrected chi connectivity index (χ2v) is 12.3. The molecule has 1 saturated heterocycles. The molecule has 2 fully saturated rings. The monoisotopic (exact) mass is 598 g/mol. The van der Waals surface area contributed by atoms with Crippen molar-refractivity contribution in [3.63, 3.8) is 0 Å². The third-order valence-corrected chi connectivity index (χ3v) is 9.24. The van der Waals surface area contributed by atoms with E-state index in [9.17, 15) is 29.2 Å². The Balaban J connectivity index is 1.92. The first-order valence-corrected chi connectivity index (χ1v) is 15.3. The molecule has 13 heteroatoms. The quantitative estimate of drug-likeness (QED) is 0.0908. The number of carbonyl (C=O) groups is 4. The van der Waals surface area contributed by atoms with Crippen molar-refractivity contribution in [3.8, 4) is 0 Å². The van der Waals surface area contributed by atoms with Gasteiger partial charge in [-0.1, -0.05) is 59.0 Å². The summed E-state index contributed by atoms with van der Waals surface area (Å²) in [5.74, 6) is -3.56. The van der Waals surface area contributed by atoms with Crippen molar-refractivity contribution in [2.75, 3.05) is 6.54 Å². The van der Waals surface area contributed by atoms with Crippen molar-refractivity contribution < 1.29 is 29.2 Å². The molecular weight excluding hydrogens is 551 g/mol. The van der Waals surface area contributed by atoms with Crippen molar-refractivity contribution in [1.82, 2.24) is 25.5 Å². The van der Waals surface area contributed by atoms with Crippen LogP contribution in [-0.4, -0.2) is 85.1 Å². The lowest BCUT2D eigenvalue weighted by Gasteiger charge is -2.38. The maximum atomic E-state index is 14.3. The second-order valence-electron chi connectivity index (χ2n) is 12.3. The van der Waals surface area contributed by atoms with Crippen LogP contribution in [0.4, 0.5) is 0 Å². The number of Topliss-reactive ketones (excluding diaryl/α,β-unsaturated/α-hetero) is 1. The van der Waals surface area contributed by atoms with Crippen LogP contribution in [-0.2, 0) is 14.4 Å². The van der Waals surface area contributed by atoms with Gasteiger partial charge in [0.15, 0.2) is 5.54 Å². The molecule has 6 N–H and O–H groups in total. The van der Waals surface area contributed by atoms with Crippen LogP contribution in [0.15, 0.2) is 25.0 Å². The number of likely N-dealkylation sites (tertiary alicyclic amines) is 1. The number of rotatable bonds is 14. The zero-order chi connectivity index (χ0) is 31.9. The van der Waals surface area contributed by atoms with E-state index >= 15 is 0 Å². The Kier molecular flexibility index (Phi) is 11.6. The van der Waals surface area contributed by atoms with Gasteiger partial charge in [0.2, 0.25) is 23.5 Å². The molecule has 2 aliphatic rings. The largest absolute Gasteiger partial charge is 0.475 e. The minimum Gasteiger partial charge on any atom is -0.426 e. The molecule has 236 valence electrons. The molecule has 1 unspecified atom stereocenters. The van der Waals surface area contributed by atoms with Crippen LogP contribution < -0.4 is 16.4 Å². The van der Waals surface area contributed by atoms with E-state index in [1.54, 1.807) is 27.7 Å². The zero-order valence-corrected chi connectivity index (χ0v) is 25.8. The third kappa shape index (κ3) is 7.33. The summed E-state index contributed by atoms with van der Waals surface area (Å²) in [6.45, 7) is 10.7. The number of carbonyl (C=O) groups excluding carboxylic acids is 4. The standard InChI is InChI=1S/C30H47BN6O6/c1-6-11-23(31(42)43)35-26(39)22(18-21-12-9-8-10-13-21)37-17-14-30(19(3)4,28(37)41)36-27(40)29(32,7-2)25(38)24-20(5)33-15-16-34-24/h6,15-16,19,21-23,42-43H,1,7-14,17-18,32H2,2-5H3,(H,35,39)(H,36,40)/t22-,23-,29-,30?/m0/s1. The number of aromatic nitrogens is 2. The fraction of sp³-hybridized carbons (Fsp3) is 0.667. The Morgan fingerprint density at radius 1 is 1.23 bits per heavy atom. The van der Waals surface area contributed by atoms with E-state index in [1.807, 2.05) is 0 Å². The van der Waals surface area contributed by atoms with Crippen LogP contribution in [0.3, 0.4) is 0 Å². The summed E-state index contributed by atoms with van der Waals surface area (Å²) in [5.41, 5.74) is 3.40. The highest BCUT2D eigenvalue weighted by molar-refractivity contribution is 6.43. The van der Waals surface area contributed by atoms with Gasteiger partial charge in [0, 0.05) is 18.9 Å². The van der Waals surface area contributed by atoms with Crippen LogP contribution in [0.2, 0.25) is 0 Å². The van der Waals surface area contributed by atoms with Crippen molar-refractivity contribution in [1.29, 1.82) is 0 Å². The number of nitrogens with zero attached hydrogens (tertiary/aromatic N) is 3. The molecule has 0 spiro atoms. The molecule has 1 saturated carbocycles. The average Bonchev–Trinajstić information content (AvgIpc) is 3.31. The van der Waals surface area contributed by atoms with Crippen LogP contribution in [0.1, 0.15) is 94.7 Å². The summed E-state index contributed by atoms with van der Waals surface area (Å²) in [7, 11) is -1.80. The van der Waals surface area contributed by atoms with E-state index < -0.39 is 59.6 Å². The van der Waals surface area contributed by atoms with Crippen LogP contribution in [0.25, 0.3) is 0 Å². The topological polar surface area (TPSA) is 188 Å². The minimum absolute atomic E-state index is 0.00987. The van der Waals surface area contributed by atoms with Crippen LogP contribution >= 0.6 is 0 Å². The van der Waals surface area contributed by atoms with Gasteiger partial charge < -0.3 is 31.3 Å². The predicted octanol–water partition coefficient (Wildman–Crippen LogP) is 1.23. The zero-order valence-electron chi connectivity index (χ0n) is 25.8. The van der Waals surface area contributed by atoms with Gasteiger partial charge in [-0.15, -0.1) is 6.58 Å². The van der Waals surface area contributed by atoms with E-state index in [1.165, 1.54) is 23.4 Å². The summed E-state index contributed by atoms with van der Waals surface area (Å²) in [6.07, 6.45) is 10.1. The number of ketones is 1. The summed E-state index contributed by atoms with van der Waals surface area (Å²) < 4.78 is 0. The van der Waals surface area contributed by atoms with E-state index in [0.717, 1.165) is 32.1 Å².